The first-order chi connectivity index (χ1) is 15.2. The molecule has 0 spiro atoms. The summed E-state index contributed by atoms with van der Waals surface area (Å²) in [5.74, 6) is -0.989. The van der Waals surface area contributed by atoms with Crippen molar-refractivity contribution in [2.75, 3.05) is 17.1 Å². The summed E-state index contributed by atoms with van der Waals surface area (Å²) in [4.78, 5) is 25.2. The van der Waals surface area contributed by atoms with Crippen LogP contribution in [0, 0.1) is 0 Å². The lowest BCUT2D eigenvalue weighted by Crippen LogP contribution is -2.30. The molecule has 0 aliphatic rings. The summed E-state index contributed by atoms with van der Waals surface area (Å²) in [5.41, 5.74) is 0.390. The van der Waals surface area contributed by atoms with Crippen LogP contribution in [0.1, 0.15) is 17.3 Å². The van der Waals surface area contributed by atoms with Gasteiger partial charge in [0.05, 0.1) is 28.4 Å². The second-order valence-electron chi connectivity index (χ2n) is 6.45. The van der Waals surface area contributed by atoms with Gasteiger partial charge in [0.25, 0.3) is 15.9 Å². The molecule has 0 fully saturated rings. The molecule has 3 rings (SSSR count). The minimum absolute atomic E-state index is 0.00442. The molecule has 1 atom stereocenters. The van der Waals surface area contributed by atoms with Gasteiger partial charge in [0.15, 0.2) is 6.10 Å². The van der Waals surface area contributed by atoms with Crippen LogP contribution in [0.2, 0.25) is 4.34 Å². The zero-order valence-corrected chi connectivity index (χ0v) is 19.4. The maximum Gasteiger partial charge on any atom is 0.341 e. The SMILES string of the molecule is COc1ccccc1NC(=O)[C@@H](C)OC(=O)c1ccccc1NS(=O)(=O)c1ccc(Cl)s1. The van der Waals surface area contributed by atoms with E-state index in [2.05, 4.69) is 10.0 Å². The highest BCUT2D eigenvalue weighted by Gasteiger charge is 2.24. The van der Waals surface area contributed by atoms with Crippen LogP contribution in [0.4, 0.5) is 11.4 Å². The third-order valence-electron chi connectivity index (χ3n) is 4.22. The third kappa shape index (κ3) is 5.58. The molecule has 168 valence electrons. The van der Waals surface area contributed by atoms with Gasteiger partial charge in [0.2, 0.25) is 0 Å². The lowest BCUT2D eigenvalue weighted by molar-refractivity contribution is -0.123. The number of hydrogen-bond acceptors (Lipinski definition) is 7. The molecule has 2 aromatic carbocycles. The predicted octanol–water partition coefficient (Wildman–Crippen LogP) is 4.39. The predicted molar refractivity (Wildman–Crippen MR) is 123 cm³/mol. The van der Waals surface area contributed by atoms with E-state index in [4.69, 9.17) is 21.1 Å². The fourth-order valence-corrected chi connectivity index (χ4v) is 5.21. The van der Waals surface area contributed by atoms with E-state index in [9.17, 15) is 18.0 Å². The summed E-state index contributed by atoms with van der Waals surface area (Å²) >= 11 is 6.70. The Morgan fingerprint density at radius 3 is 2.31 bits per heavy atom. The number of carbonyl (C=O) groups is 2. The van der Waals surface area contributed by atoms with Gasteiger partial charge in [-0.3, -0.25) is 9.52 Å². The van der Waals surface area contributed by atoms with Crippen molar-refractivity contribution >= 4 is 56.2 Å². The van der Waals surface area contributed by atoms with Crippen molar-refractivity contribution in [2.45, 2.75) is 17.2 Å². The summed E-state index contributed by atoms with van der Waals surface area (Å²) in [6, 6.07) is 15.5. The van der Waals surface area contributed by atoms with Crippen molar-refractivity contribution in [1.29, 1.82) is 0 Å². The Labute approximate surface area is 194 Å². The highest BCUT2D eigenvalue weighted by molar-refractivity contribution is 7.94. The van der Waals surface area contributed by atoms with Crippen LogP contribution in [-0.2, 0) is 19.6 Å². The van der Waals surface area contributed by atoms with Crippen LogP contribution in [0.3, 0.4) is 0 Å². The second kappa shape index (κ2) is 10.0. The molecule has 0 saturated carbocycles. The Balaban J connectivity index is 1.73. The van der Waals surface area contributed by atoms with Gasteiger partial charge in [-0.2, -0.15) is 0 Å². The van der Waals surface area contributed by atoms with Gasteiger partial charge in [-0.05, 0) is 43.3 Å². The Kier molecular flexibility index (Phi) is 7.39. The molecule has 11 heteroatoms. The molecule has 1 aromatic heterocycles. The van der Waals surface area contributed by atoms with E-state index in [0.29, 0.717) is 15.8 Å². The van der Waals surface area contributed by atoms with E-state index >= 15 is 0 Å². The van der Waals surface area contributed by atoms with E-state index in [1.165, 1.54) is 38.3 Å². The minimum atomic E-state index is -3.96. The molecular weight excluding hydrogens is 476 g/mol. The van der Waals surface area contributed by atoms with Gasteiger partial charge >= 0.3 is 5.97 Å². The Morgan fingerprint density at radius 2 is 1.66 bits per heavy atom. The molecule has 0 saturated heterocycles. The zero-order chi connectivity index (χ0) is 23.3. The van der Waals surface area contributed by atoms with Crippen molar-refractivity contribution in [3.8, 4) is 5.75 Å². The maximum absolute atomic E-state index is 12.7. The molecule has 0 aliphatic carbocycles. The first-order valence-electron chi connectivity index (χ1n) is 9.23. The Hall–Kier alpha value is -3.08. The van der Waals surface area contributed by atoms with Gasteiger partial charge < -0.3 is 14.8 Å². The summed E-state index contributed by atoms with van der Waals surface area (Å²) < 4.78 is 38.3. The summed E-state index contributed by atoms with van der Waals surface area (Å²) in [5, 5.41) is 2.63. The number of benzene rings is 2. The molecule has 8 nitrogen and oxygen atoms in total. The number of thiophene rings is 1. The average Bonchev–Trinajstić information content (AvgIpc) is 3.21. The molecule has 0 aliphatic heterocycles. The molecule has 0 radical (unpaired) electrons. The number of amides is 1. The number of anilines is 2. The Morgan fingerprint density at radius 1 is 1.00 bits per heavy atom. The number of nitrogens with one attached hydrogen (secondary N) is 2. The number of ether oxygens (including phenoxy) is 2. The van der Waals surface area contributed by atoms with E-state index in [1.54, 1.807) is 36.4 Å². The van der Waals surface area contributed by atoms with Gasteiger partial charge in [0, 0.05) is 0 Å². The quantitative estimate of drug-likeness (QED) is 0.449. The number of esters is 1. The zero-order valence-electron chi connectivity index (χ0n) is 17.0. The molecule has 32 heavy (non-hydrogen) atoms. The highest BCUT2D eigenvalue weighted by Crippen LogP contribution is 2.28. The molecular formula is C21H19ClN2O6S2. The van der Waals surface area contributed by atoms with Gasteiger partial charge in [-0.1, -0.05) is 35.9 Å². The van der Waals surface area contributed by atoms with E-state index in [-0.39, 0.29) is 15.5 Å². The monoisotopic (exact) mass is 494 g/mol. The largest absolute Gasteiger partial charge is 0.495 e. The second-order valence-corrected chi connectivity index (χ2v) is 10.1. The number of carbonyl (C=O) groups excluding carboxylic acids is 2. The number of para-hydroxylation sites is 3. The normalized spacial score (nSPS) is 12.0. The third-order valence-corrected chi connectivity index (χ3v) is 7.31. The standard InChI is InChI=1S/C21H19ClN2O6S2/c1-13(20(25)23-16-9-5-6-10-17(16)29-2)30-21(26)14-7-3-4-8-15(14)24-32(27,28)19-12-11-18(22)31-19/h3-13,24H,1-2H3,(H,23,25)/t13-/m1/s1. The van der Waals surface area contributed by atoms with Gasteiger partial charge in [-0.25, -0.2) is 13.2 Å². The molecule has 1 amide bonds. The first-order valence-corrected chi connectivity index (χ1v) is 11.9. The van der Waals surface area contributed by atoms with Crippen LogP contribution >= 0.6 is 22.9 Å². The number of rotatable bonds is 8. The molecule has 0 bridgehead atoms. The fourth-order valence-electron chi connectivity index (χ4n) is 2.65. The van der Waals surface area contributed by atoms with Gasteiger partial charge in [0.1, 0.15) is 9.96 Å². The van der Waals surface area contributed by atoms with E-state index in [1.807, 2.05) is 0 Å². The van der Waals surface area contributed by atoms with Gasteiger partial charge in [-0.15, -0.1) is 11.3 Å². The van der Waals surface area contributed by atoms with Crippen LogP contribution < -0.4 is 14.8 Å². The number of halogens is 1. The molecule has 3 aromatic rings. The summed E-state index contributed by atoms with van der Waals surface area (Å²) in [6.07, 6.45) is -1.16. The number of hydrogen-bond donors (Lipinski definition) is 2. The minimum Gasteiger partial charge on any atom is -0.495 e. The van der Waals surface area contributed by atoms with E-state index in [0.717, 1.165) is 11.3 Å². The molecule has 1 heterocycles. The summed E-state index contributed by atoms with van der Waals surface area (Å²) in [6.45, 7) is 1.41. The fraction of sp³-hybridized carbons (Fsp3) is 0.143. The van der Waals surface area contributed by atoms with Crippen LogP contribution in [0.15, 0.2) is 64.9 Å². The highest BCUT2D eigenvalue weighted by atomic mass is 35.5. The topological polar surface area (TPSA) is 111 Å². The molecule has 2 N–H and O–H groups in total. The smallest absolute Gasteiger partial charge is 0.341 e. The Bertz CT molecular complexity index is 1240. The number of methoxy groups -OCH3 is 1. The van der Waals surface area contributed by atoms with Crippen LogP contribution in [-0.4, -0.2) is 33.5 Å². The van der Waals surface area contributed by atoms with Crippen LogP contribution in [0.5, 0.6) is 5.75 Å². The van der Waals surface area contributed by atoms with Crippen molar-refractivity contribution in [1.82, 2.24) is 0 Å². The molecule has 0 unspecified atom stereocenters. The van der Waals surface area contributed by atoms with Crippen LogP contribution in [0.25, 0.3) is 0 Å². The lowest BCUT2D eigenvalue weighted by atomic mass is 10.2. The van der Waals surface area contributed by atoms with Crippen molar-refractivity contribution in [2.24, 2.45) is 0 Å². The van der Waals surface area contributed by atoms with Crippen molar-refractivity contribution in [3.63, 3.8) is 0 Å². The maximum atomic E-state index is 12.7. The first kappa shape index (κ1) is 23.6. The summed E-state index contributed by atoms with van der Waals surface area (Å²) in [7, 11) is -2.49. The number of sulfonamides is 1. The lowest BCUT2D eigenvalue weighted by Gasteiger charge is -2.16. The van der Waals surface area contributed by atoms with E-state index < -0.39 is 28.0 Å². The van der Waals surface area contributed by atoms with Crippen molar-refractivity contribution < 1.29 is 27.5 Å². The average molecular weight is 495 g/mol. The van der Waals surface area contributed by atoms with Crippen molar-refractivity contribution in [3.05, 3.63) is 70.6 Å².